The molecule has 1 atom stereocenters. The lowest BCUT2D eigenvalue weighted by Gasteiger charge is -2.18. The number of rotatable bonds is 8. The topological polar surface area (TPSA) is 63.5 Å². The van der Waals surface area contributed by atoms with Gasteiger partial charge in [0.25, 0.3) is 0 Å². The zero-order chi connectivity index (χ0) is 20.5. The molecule has 0 aliphatic rings. The van der Waals surface area contributed by atoms with E-state index in [0.29, 0.717) is 18.1 Å². The van der Waals surface area contributed by atoms with Crippen LogP contribution in [0.25, 0.3) is 0 Å². The monoisotopic (exact) mass is 411 g/mol. The molecule has 29 heavy (non-hydrogen) atoms. The van der Waals surface area contributed by atoms with E-state index in [1.807, 2.05) is 48.3 Å². The average Bonchev–Trinajstić information content (AvgIpc) is 3.24. The molecule has 1 unspecified atom stereocenters. The van der Waals surface area contributed by atoms with Crippen molar-refractivity contribution in [3.05, 3.63) is 83.4 Å². The summed E-state index contributed by atoms with van der Waals surface area (Å²) >= 11 is 5.90. The fraction of sp³-hybridized carbons (Fsp3) is 0.273. The van der Waals surface area contributed by atoms with E-state index in [1.165, 1.54) is 11.1 Å². The van der Waals surface area contributed by atoms with E-state index in [0.717, 1.165) is 18.3 Å². The molecule has 1 aromatic heterocycles. The first-order chi connectivity index (χ1) is 14.1. The standard InChI is InChI=1S/C22H26ClN5O/c1-17(29-21-9-7-20(23)8-10-21)13-26-22(24-2)27-14-18-3-5-19(6-4-18)15-28-12-11-25-16-28/h3-12,16-17H,13-15H2,1-2H3,(H2,24,26,27). The molecule has 0 aliphatic heterocycles. The fourth-order valence-corrected chi connectivity index (χ4v) is 2.91. The molecular weight excluding hydrogens is 386 g/mol. The summed E-state index contributed by atoms with van der Waals surface area (Å²) in [5.41, 5.74) is 2.43. The second kappa shape index (κ2) is 10.5. The lowest BCUT2D eigenvalue weighted by molar-refractivity contribution is 0.224. The summed E-state index contributed by atoms with van der Waals surface area (Å²) in [6.45, 7) is 4.15. The van der Waals surface area contributed by atoms with Crippen LogP contribution in [-0.4, -0.2) is 35.2 Å². The molecule has 0 radical (unpaired) electrons. The molecule has 0 spiro atoms. The number of hydrogen-bond donors (Lipinski definition) is 2. The van der Waals surface area contributed by atoms with Crippen molar-refractivity contribution in [1.29, 1.82) is 0 Å². The molecular formula is C22H26ClN5O. The third kappa shape index (κ3) is 6.84. The molecule has 6 nitrogen and oxygen atoms in total. The van der Waals surface area contributed by atoms with Crippen LogP contribution in [0.4, 0.5) is 0 Å². The molecule has 2 aromatic carbocycles. The predicted octanol–water partition coefficient (Wildman–Crippen LogP) is 3.72. The van der Waals surface area contributed by atoms with Crippen molar-refractivity contribution in [2.45, 2.75) is 26.1 Å². The predicted molar refractivity (Wildman–Crippen MR) is 118 cm³/mol. The van der Waals surface area contributed by atoms with Crippen LogP contribution in [0.15, 0.2) is 72.2 Å². The largest absolute Gasteiger partial charge is 0.489 e. The smallest absolute Gasteiger partial charge is 0.191 e. The van der Waals surface area contributed by atoms with Gasteiger partial charge in [-0.3, -0.25) is 4.99 Å². The molecule has 1 heterocycles. The van der Waals surface area contributed by atoms with Gasteiger partial charge in [-0.25, -0.2) is 4.98 Å². The van der Waals surface area contributed by atoms with Gasteiger partial charge in [0.1, 0.15) is 11.9 Å². The summed E-state index contributed by atoms with van der Waals surface area (Å²) in [7, 11) is 1.76. The van der Waals surface area contributed by atoms with Gasteiger partial charge >= 0.3 is 0 Å². The molecule has 3 aromatic rings. The van der Waals surface area contributed by atoms with Crippen molar-refractivity contribution in [3.63, 3.8) is 0 Å². The summed E-state index contributed by atoms with van der Waals surface area (Å²) in [5, 5.41) is 7.31. The maximum absolute atomic E-state index is 5.90. The Morgan fingerprint density at radius 1 is 1.10 bits per heavy atom. The number of imidazole rings is 1. The van der Waals surface area contributed by atoms with Gasteiger partial charge in [-0.15, -0.1) is 0 Å². The highest BCUT2D eigenvalue weighted by atomic mass is 35.5. The summed E-state index contributed by atoms with van der Waals surface area (Å²) in [4.78, 5) is 8.34. The van der Waals surface area contributed by atoms with Crippen LogP contribution < -0.4 is 15.4 Å². The van der Waals surface area contributed by atoms with E-state index >= 15 is 0 Å². The first-order valence-electron chi connectivity index (χ1n) is 9.52. The van der Waals surface area contributed by atoms with E-state index in [4.69, 9.17) is 16.3 Å². The number of hydrogen-bond acceptors (Lipinski definition) is 3. The Labute approximate surface area is 176 Å². The molecule has 0 bridgehead atoms. The Morgan fingerprint density at radius 2 is 1.83 bits per heavy atom. The zero-order valence-corrected chi connectivity index (χ0v) is 17.4. The first kappa shape index (κ1) is 20.7. The molecule has 7 heteroatoms. The van der Waals surface area contributed by atoms with Crippen molar-refractivity contribution in [2.24, 2.45) is 4.99 Å². The molecule has 152 valence electrons. The number of aliphatic imine (C=N–C) groups is 1. The van der Waals surface area contributed by atoms with Crippen LogP contribution in [0.2, 0.25) is 5.02 Å². The Bertz CT molecular complexity index is 892. The van der Waals surface area contributed by atoms with Crippen molar-refractivity contribution >= 4 is 17.6 Å². The number of aromatic nitrogens is 2. The third-order valence-corrected chi connectivity index (χ3v) is 4.59. The number of halogens is 1. The lowest BCUT2D eigenvalue weighted by atomic mass is 10.1. The minimum atomic E-state index is -0.0165. The number of nitrogens with zero attached hydrogens (tertiary/aromatic N) is 3. The average molecular weight is 412 g/mol. The fourth-order valence-electron chi connectivity index (χ4n) is 2.79. The normalized spacial score (nSPS) is 12.4. The molecule has 0 saturated carbocycles. The SMILES string of the molecule is CN=C(NCc1ccc(Cn2ccnc2)cc1)NCC(C)Oc1ccc(Cl)cc1. The van der Waals surface area contributed by atoms with Gasteiger partial charge in [0.15, 0.2) is 5.96 Å². The van der Waals surface area contributed by atoms with Crippen LogP contribution in [0, 0.1) is 0 Å². The van der Waals surface area contributed by atoms with Crippen LogP contribution in [0.3, 0.4) is 0 Å². The number of guanidine groups is 1. The highest BCUT2D eigenvalue weighted by Gasteiger charge is 2.06. The quantitative estimate of drug-likeness (QED) is 0.438. The van der Waals surface area contributed by atoms with Gasteiger partial charge in [0, 0.05) is 37.6 Å². The molecule has 2 N–H and O–H groups in total. The van der Waals surface area contributed by atoms with Gasteiger partial charge < -0.3 is 19.9 Å². The summed E-state index contributed by atoms with van der Waals surface area (Å²) in [5.74, 6) is 1.53. The number of ether oxygens (including phenoxy) is 1. The second-order valence-corrected chi connectivity index (χ2v) is 7.18. The summed E-state index contributed by atoms with van der Waals surface area (Å²) < 4.78 is 7.92. The van der Waals surface area contributed by atoms with Crippen LogP contribution >= 0.6 is 11.6 Å². The molecule has 0 amide bonds. The Kier molecular flexibility index (Phi) is 7.53. The lowest BCUT2D eigenvalue weighted by Crippen LogP contribution is -2.41. The summed E-state index contributed by atoms with van der Waals surface area (Å²) in [6, 6.07) is 15.9. The van der Waals surface area contributed by atoms with E-state index in [9.17, 15) is 0 Å². The van der Waals surface area contributed by atoms with E-state index in [1.54, 1.807) is 13.2 Å². The summed E-state index contributed by atoms with van der Waals surface area (Å²) in [6.07, 6.45) is 5.56. The molecule has 0 saturated heterocycles. The van der Waals surface area contributed by atoms with Gasteiger partial charge in [0.2, 0.25) is 0 Å². The van der Waals surface area contributed by atoms with Crippen molar-refractivity contribution in [3.8, 4) is 5.75 Å². The molecule has 0 fully saturated rings. The molecule has 0 aliphatic carbocycles. The van der Waals surface area contributed by atoms with E-state index in [2.05, 4.69) is 44.9 Å². The van der Waals surface area contributed by atoms with E-state index in [-0.39, 0.29) is 6.10 Å². The Balaban J connectivity index is 1.42. The van der Waals surface area contributed by atoms with Crippen molar-refractivity contribution in [1.82, 2.24) is 20.2 Å². The van der Waals surface area contributed by atoms with E-state index < -0.39 is 0 Å². The highest BCUT2D eigenvalue weighted by molar-refractivity contribution is 6.30. The third-order valence-electron chi connectivity index (χ3n) is 4.34. The number of benzene rings is 2. The van der Waals surface area contributed by atoms with Crippen molar-refractivity contribution < 1.29 is 4.74 Å². The maximum atomic E-state index is 5.90. The van der Waals surface area contributed by atoms with Gasteiger partial charge in [0.05, 0.1) is 12.9 Å². The van der Waals surface area contributed by atoms with Crippen molar-refractivity contribution in [2.75, 3.05) is 13.6 Å². The van der Waals surface area contributed by atoms with Gasteiger partial charge in [-0.2, -0.15) is 0 Å². The van der Waals surface area contributed by atoms with Gasteiger partial charge in [-0.1, -0.05) is 35.9 Å². The van der Waals surface area contributed by atoms with Gasteiger partial charge in [-0.05, 0) is 42.3 Å². The minimum absolute atomic E-state index is 0.0165. The minimum Gasteiger partial charge on any atom is -0.489 e. The maximum Gasteiger partial charge on any atom is 0.191 e. The second-order valence-electron chi connectivity index (χ2n) is 6.74. The van der Waals surface area contributed by atoms with Crippen LogP contribution in [0.1, 0.15) is 18.1 Å². The molecule has 3 rings (SSSR count). The van der Waals surface area contributed by atoms with Crippen LogP contribution in [0.5, 0.6) is 5.75 Å². The number of nitrogens with one attached hydrogen (secondary N) is 2. The zero-order valence-electron chi connectivity index (χ0n) is 16.7. The Morgan fingerprint density at radius 3 is 2.48 bits per heavy atom. The van der Waals surface area contributed by atoms with Crippen LogP contribution in [-0.2, 0) is 13.1 Å². The Hall–Kier alpha value is -2.99. The highest BCUT2D eigenvalue weighted by Crippen LogP contribution is 2.16. The first-order valence-corrected chi connectivity index (χ1v) is 9.90.